The number of nitro benzene ring substituents is 1. The first-order valence-corrected chi connectivity index (χ1v) is 9.18. The molecular formula is C18H13ClN4O4S. The van der Waals surface area contributed by atoms with E-state index < -0.39 is 10.8 Å². The van der Waals surface area contributed by atoms with Crippen molar-refractivity contribution in [1.29, 1.82) is 0 Å². The highest BCUT2D eigenvalue weighted by Gasteiger charge is 2.15. The predicted molar refractivity (Wildman–Crippen MR) is 108 cm³/mol. The van der Waals surface area contributed by atoms with E-state index in [9.17, 15) is 19.7 Å². The molecule has 10 heteroatoms. The second kappa shape index (κ2) is 8.15. The van der Waals surface area contributed by atoms with Gasteiger partial charge in [-0.25, -0.2) is 4.98 Å². The van der Waals surface area contributed by atoms with Crippen LogP contribution in [0.1, 0.15) is 17.4 Å². The van der Waals surface area contributed by atoms with E-state index in [0.717, 1.165) is 0 Å². The molecule has 0 aliphatic carbocycles. The molecule has 2 N–H and O–H groups in total. The fraction of sp³-hybridized carbons (Fsp3) is 0.0556. The summed E-state index contributed by atoms with van der Waals surface area (Å²) in [6, 6.07) is 10.6. The van der Waals surface area contributed by atoms with Gasteiger partial charge in [0.2, 0.25) is 5.91 Å². The van der Waals surface area contributed by atoms with Crippen LogP contribution in [0.4, 0.5) is 17.1 Å². The molecule has 0 radical (unpaired) electrons. The number of amides is 2. The average Bonchev–Trinajstić information content (AvgIpc) is 3.14. The van der Waals surface area contributed by atoms with Crippen molar-refractivity contribution in [2.45, 2.75) is 6.92 Å². The molecule has 0 unspecified atom stereocenters. The third-order valence-electron chi connectivity index (χ3n) is 3.60. The molecule has 0 aliphatic rings. The molecule has 1 aromatic heterocycles. The van der Waals surface area contributed by atoms with Crippen molar-refractivity contribution in [3.05, 3.63) is 68.7 Å². The molecule has 142 valence electrons. The van der Waals surface area contributed by atoms with Crippen LogP contribution in [0.3, 0.4) is 0 Å². The van der Waals surface area contributed by atoms with Crippen molar-refractivity contribution < 1.29 is 14.5 Å². The molecule has 0 atom stereocenters. The maximum absolute atomic E-state index is 12.4. The highest BCUT2D eigenvalue weighted by molar-refractivity contribution is 7.13. The van der Waals surface area contributed by atoms with Crippen LogP contribution >= 0.6 is 22.9 Å². The third kappa shape index (κ3) is 4.51. The molecule has 0 fully saturated rings. The van der Waals surface area contributed by atoms with Crippen molar-refractivity contribution in [3.8, 4) is 10.6 Å². The Balaban J connectivity index is 1.74. The lowest BCUT2D eigenvalue weighted by Crippen LogP contribution is -2.13. The zero-order valence-corrected chi connectivity index (χ0v) is 16.0. The lowest BCUT2D eigenvalue weighted by Gasteiger charge is -2.08. The molecule has 2 aromatic carbocycles. The number of aromatic nitrogens is 1. The summed E-state index contributed by atoms with van der Waals surface area (Å²) in [6.07, 6.45) is 0. The van der Waals surface area contributed by atoms with Gasteiger partial charge in [-0.1, -0.05) is 11.6 Å². The monoisotopic (exact) mass is 416 g/mol. The molecule has 3 aromatic rings. The zero-order chi connectivity index (χ0) is 20.3. The van der Waals surface area contributed by atoms with Crippen LogP contribution in [0.2, 0.25) is 5.02 Å². The number of rotatable bonds is 5. The number of halogens is 1. The molecular weight excluding hydrogens is 404 g/mol. The Morgan fingerprint density at radius 2 is 1.86 bits per heavy atom. The van der Waals surface area contributed by atoms with Crippen LogP contribution in [0.5, 0.6) is 0 Å². The molecule has 2 amide bonds. The Labute approximate surface area is 168 Å². The van der Waals surface area contributed by atoms with E-state index in [-0.39, 0.29) is 22.3 Å². The molecule has 0 spiro atoms. The number of nitrogens with one attached hydrogen (secondary N) is 2. The van der Waals surface area contributed by atoms with E-state index in [1.54, 1.807) is 29.6 Å². The van der Waals surface area contributed by atoms with Crippen molar-refractivity contribution >= 4 is 51.8 Å². The number of hydrogen-bond acceptors (Lipinski definition) is 6. The van der Waals surface area contributed by atoms with Crippen LogP contribution in [-0.2, 0) is 4.79 Å². The maximum Gasteiger partial charge on any atom is 0.275 e. The average molecular weight is 417 g/mol. The van der Waals surface area contributed by atoms with Crippen molar-refractivity contribution in [3.63, 3.8) is 0 Å². The second-order valence-electron chi connectivity index (χ2n) is 5.67. The molecule has 0 saturated carbocycles. The third-order valence-corrected chi connectivity index (χ3v) is 4.80. The van der Waals surface area contributed by atoms with E-state index in [4.69, 9.17) is 11.6 Å². The minimum Gasteiger partial charge on any atom is -0.326 e. The van der Waals surface area contributed by atoms with Crippen LogP contribution in [0, 0.1) is 10.1 Å². The number of hydrogen-bond donors (Lipinski definition) is 2. The molecule has 0 saturated heterocycles. The van der Waals surface area contributed by atoms with E-state index in [0.29, 0.717) is 21.9 Å². The normalized spacial score (nSPS) is 10.4. The van der Waals surface area contributed by atoms with Gasteiger partial charge in [0.05, 0.1) is 15.6 Å². The number of carbonyl (C=O) groups is 2. The Morgan fingerprint density at radius 1 is 1.14 bits per heavy atom. The highest BCUT2D eigenvalue weighted by atomic mass is 35.5. The SMILES string of the molecule is CC(=O)Nc1ccc(NC(=O)c2csc(-c3ccc([N+](=O)[O-])cc3)n2)c(Cl)c1. The summed E-state index contributed by atoms with van der Waals surface area (Å²) >= 11 is 7.39. The van der Waals surface area contributed by atoms with Crippen LogP contribution in [-0.4, -0.2) is 21.7 Å². The van der Waals surface area contributed by atoms with E-state index in [1.165, 1.54) is 36.5 Å². The maximum atomic E-state index is 12.4. The highest BCUT2D eigenvalue weighted by Crippen LogP contribution is 2.28. The summed E-state index contributed by atoms with van der Waals surface area (Å²) in [4.78, 5) is 38.0. The predicted octanol–water partition coefficient (Wildman–Crippen LogP) is 4.58. The smallest absolute Gasteiger partial charge is 0.275 e. The molecule has 1 heterocycles. The van der Waals surface area contributed by atoms with Gasteiger partial charge in [0.15, 0.2) is 0 Å². The Bertz CT molecular complexity index is 1070. The number of benzene rings is 2. The van der Waals surface area contributed by atoms with Crippen molar-refractivity contribution in [2.24, 2.45) is 0 Å². The molecule has 0 bridgehead atoms. The summed E-state index contributed by atoms with van der Waals surface area (Å²) in [5.41, 5.74) is 1.75. The Kier molecular flexibility index (Phi) is 5.67. The summed E-state index contributed by atoms with van der Waals surface area (Å²) in [5, 5.41) is 18.4. The van der Waals surface area contributed by atoms with Gasteiger partial charge in [-0.3, -0.25) is 19.7 Å². The largest absolute Gasteiger partial charge is 0.326 e. The first-order valence-electron chi connectivity index (χ1n) is 7.92. The van der Waals surface area contributed by atoms with Crippen molar-refractivity contribution in [1.82, 2.24) is 4.98 Å². The number of thiazole rings is 1. The van der Waals surface area contributed by atoms with E-state index in [2.05, 4.69) is 15.6 Å². The van der Waals surface area contributed by atoms with Gasteiger partial charge in [0.1, 0.15) is 10.7 Å². The summed E-state index contributed by atoms with van der Waals surface area (Å²) in [7, 11) is 0. The summed E-state index contributed by atoms with van der Waals surface area (Å²) in [6.45, 7) is 1.38. The number of anilines is 2. The van der Waals surface area contributed by atoms with E-state index in [1.807, 2.05) is 0 Å². The summed E-state index contributed by atoms with van der Waals surface area (Å²) in [5.74, 6) is -0.673. The quantitative estimate of drug-likeness (QED) is 0.466. The molecule has 3 rings (SSSR count). The number of carbonyl (C=O) groups excluding carboxylic acids is 2. The lowest BCUT2D eigenvalue weighted by atomic mass is 10.2. The molecule has 8 nitrogen and oxygen atoms in total. The van der Waals surface area contributed by atoms with Crippen LogP contribution in [0.25, 0.3) is 10.6 Å². The van der Waals surface area contributed by atoms with Crippen LogP contribution < -0.4 is 10.6 Å². The minimum absolute atomic E-state index is 0.0179. The Hall–Kier alpha value is -3.30. The standard InChI is InChI=1S/C18H13ClN4O4S/c1-10(24)20-12-4-7-15(14(19)8-12)21-17(25)16-9-28-18(22-16)11-2-5-13(6-3-11)23(26)27/h2-9H,1H3,(H,20,24)(H,21,25). The van der Waals surface area contributed by atoms with Crippen molar-refractivity contribution in [2.75, 3.05) is 10.6 Å². The van der Waals surface area contributed by atoms with Gasteiger partial charge in [0, 0.05) is 35.7 Å². The number of non-ortho nitro benzene ring substituents is 1. The van der Waals surface area contributed by atoms with Gasteiger partial charge in [-0.2, -0.15) is 0 Å². The zero-order valence-electron chi connectivity index (χ0n) is 14.4. The van der Waals surface area contributed by atoms with Gasteiger partial charge < -0.3 is 10.6 Å². The van der Waals surface area contributed by atoms with Crippen LogP contribution in [0.15, 0.2) is 47.8 Å². The second-order valence-corrected chi connectivity index (χ2v) is 6.94. The Morgan fingerprint density at radius 3 is 2.46 bits per heavy atom. The fourth-order valence-electron chi connectivity index (χ4n) is 2.32. The topological polar surface area (TPSA) is 114 Å². The minimum atomic E-state index is -0.481. The number of nitrogens with zero attached hydrogens (tertiary/aromatic N) is 2. The first-order chi connectivity index (χ1) is 13.3. The lowest BCUT2D eigenvalue weighted by molar-refractivity contribution is -0.384. The van der Waals surface area contributed by atoms with Gasteiger partial charge >= 0.3 is 0 Å². The van der Waals surface area contributed by atoms with E-state index >= 15 is 0 Å². The van der Waals surface area contributed by atoms with Gasteiger partial charge in [-0.05, 0) is 30.3 Å². The molecule has 28 heavy (non-hydrogen) atoms. The van der Waals surface area contributed by atoms with Gasteiger partial charge in [-0.15, -0.1) is 11.3 Å². The first kappa shape index (κ1) is 19.5. The summed E-state index contributed by atoms with van der Waals surface area (Å²) < 4.78 is 0. The van der Waals surface area contributed by atoms with Gasteiger partial charge in [0.25, 0.3) is 11.6 Å². The molecule has 0 aliphatic heterocycles. The number of nitro groups is 1. The fourth-order valence-corrected chi connectivity index (χ4v) is 3.35.